The molecule has 1 fully saturated rings. The third kappa shape index (κ3) is 2.60. The number of nitriles is 1. The molecule has 3 aromatic heterocycles. The third-order valence-corrected chi connectivity index (χ3v) is 4.23. The van der Waals surface area contributed by atoms with Crippen molar-refractivity contribution < 1.29 is 0 Å². The van der Waals surface area contributed by atoms with Crippen LogP contribution >= 0.6 is 11.6 Å². The molecule has 1 aliphatic rings. The fraction of sp³-hybridized carbons (Fsp3) is 0.250. The van der Waals surface area contributed by atoms with Crippen LogP contribution in [0, 0.1) is 17.2 Å². The highest BCUT2D eigenvalue weighted by Crippen LogP contribution is 2.45. The Hall–Kier alpha value is -2.65. The minimum Gasteiger partial charge on any atom is -0.363 e. The summed E-state index contributed by atoms with van der Waals surface area (Å²) in [5.74, 6) is 1.47. The Morgan fingerprint density at radius 1 is 1.39 bits per heavy atom. The maximum Gasteiger partial charge on any atom is 0.156 e. The van der Waals surface area contributed by atoms with E-state index in [-0.39, 0.29) is 11.8 Å². The molecule has 0 amide bonds. The van der Waals surface area contributed by atoms with E-state index in [0.29, 0.717) is 23.2 Å². The van der Waals surface area contributed by atoms with Gasteiger partial charge in [-0.2, -0.15) is 10.4 Å². The van der Waals surface area contributed by atoms with Gasteiger partial charge in [0.2, 0.25) is 0 Å². The number of nitrogens with one attached hydrogen (secondary N) is 1. The molecule has 0 saturated heterocycles. The average Bonchev–Trinajstić information content (AvgIpc) is 3.29. The van der Waals surface area contributed by atoms with Gasteiger partial charge in [-0.3, -0.25) is 4.98 Å². The Balaban J connectivity index is 1.69. The summed E-state index contributed by atoms with van der Waals surface area (Å²) in [5.41, 5.74) is 1.65. The molecule has 0 aliphatic heterocycles. The average molecular weight is 325 g/mol. The smallest absolute Gasteiger partial charge is 0.156 e. The van der Waals surface area contributed by atoms with Gasteiger partial charge in [0.25, 0.3) is 0 Å². The largest absolute Gasteiger partial charge is 0.363 e. The maximum absolute atomic E-state index is 9.02. The van der Waals surface area contributed by atoms with Crippen molar-refractivity contribution in [1.82, 2.24) is 19.6 Å². The number of nitrogens with zero attached hydrogens (tertiary/aromatic N) is 5. The lowest BCUT2D eigenvalue weighted by atomic mass is 10.3. The first kappa shape index (κ1) is 14.0. The fourth-order valence-corrected chi connectivity index (χ4v) is 2.82. The van der Waals surface area contributed by atoms with Gasteiger partial charge in [0.05, 0.1) is 29.2 Å². The maximum atomic E-state index is 9.02. The standard InChI is InChI=1S/C16H13ClN6/c17-13-4-6-23-14(13)16(20-9-11-3-1-2-5-19-11)21-15(22-23)12-7-10(12)8-18/h1-6,10,12H,7,9H2,(H,20,21,22). The lowest BCUT2D eigenvalue weighted by Crippen LogP contribution is -2.09. The molecule has 23 heavy (non-hydrogen) atoms. The predicted octanol–water partition coefficient (Wildman–Crippen LogP) is 3.02. The minimum atomic E-state index is 0.0159. The molecule has 6 nitrogen and oxygen atoms in total. The van der Waals surface area contributed by atoms with E-state index in [0.717, 1.165) is 17.6 Å². The number of hydrogen-bond acceptors (Lipinski definition) is 5. The highest BCUT2D eigenvalue weighted by Gasteiger charge is 2.41. The van der Waals surface area contributed by atoms with Crippen LogP contribution in [0.5, 0.6) is 0 Å². The summed E-state index contributed by atoms with van der Waals surface area (Å²) in [6.45, 7) is 0.542. The van der Waals surface area contributed by atoms with Gasteiger partial charge >= 0.3 is 0 Å². The molecule has 4 rings (SSSR count). The Kier molecular flexibility index (Phi) is 3.36. The Morgan fingerprint density at radius 3 is 3.04 bits per heavy atom. The van der Waals surface area contributed by atoms with Crippen LogP contribution < -0.4 is 5.32 Å². The summed E-state index contributed by atoms with van der Waals surface area (Å²) in [4.78, 5) is 8.89. The van der Waals surface area contributed by atoms with E-state index < -0.39 is 0 Å². The molecule has 3 heterocycles. The second-order valence-electron chi connectivity index (χ2n) is 5.53. The highest BCUT2D eigenvalue weighted by atomic mass is 35.5. The second-order valence-corrected chi connectivity index (χ2v) is 5.94. The van der Waals surface area contributed by atoms with E-state index in [9.17, 15) is 0 Å². The van der Waals surface area contributed by atoms with Gasteiger partial charge in [-0.1, -0.05) is 17.7 Å². The van der Waals surface area contributed by atoms with Gasteiger partial charge < -0.3 is 5.32 Å². The normalized spacial score (nSPS) is 19.5. The first-order valence-corrected chi connectivity index (χ1v) is 7.72. The third-order valence-electron chi connectivity index (χ3n) is 3.93. The van der Waals surface area contributed by atoms with E-state index in [4.69, 9.17) is 16.9 Å². The first-order chi connectivity index (χ1) is 11.3. The van der Waals surface area contributed by atoms with Crippen LogP contribution in [0.4, 0.5) is 5.82 Å². The molecule has 0 aromatic carbocycles. The molecule has 0 spiro atoms. The number of pyridine rings is 1. The molecule has 0 bridgehead atoms. The molecule has 1 aliphatic carbocycles. The van der Waals surface area contributed by atoms with Crippen LogP contribution in [0.1, 0.15) is 23.9 Å². The number of hydrogen-bond donors (Lipinski definition) is 1. The molecule has 2 atom stereocenters. The molecular formula is C16H13ClN6. The minimum absolute atomic E-state index is 0.0159. The van der Waals surface area contributed by atoms with Crippen molar-refractivity contribution in [2.45, 2.75) is 18.9 Å². The molecule has 3 aromatic rings. The number of fused-ring (bicyclic) bond motifs is 1. The Bertz CT molecular complexity index is 898. The fourth-order valence-electron chi connectivity index (χ4n) is 2.58. The molecule has 7 heteroatoms. The van der Waals surface area contributed by atoms with Crippen molar-refractivity contribution in [3.05, 3.63) is 53.2 Å². The van der Waals surface area contributed by atoms with Crippen LogP contribution in [0.15, 0.2) is 36.7 Å². The first-order valence-electron chi connectivity index (χ1n) is 7.34. The summed E-state index contributed by atoms with van der Waals surface area (Å²) in [5, 5.41) is 17.4. The summed E-state index contributed by atoms with van der Waals surface area (Å²) in [7, 11) is 0. The van der Waals surface area contributed by atoms with Gasteiger partial charge in [-0.25, -0.2) is 9.50 Å². The summed E-state index contributed by atoms with van der Waals surface area (Å²) >= 11 is 6.25. The van der Waals surface area contributed by atoms with E-state index in [1.807, 2.05) is 18.2 Å². The topological polar surface area (TPSA) is 78.9 Å². The van der Waals surface area contributed by atoms with Gasteiger partial charge in [0.15, 0.2) is 11.6 Å². The van der Waals surface area contributed by atoms with Gasteiger partial charge in [0.1, 0.15) is 5.52 Å². The zero-order chi connectivity index (χ0) is 15.8. The lowest BCUT2D eigenvalue weighted by molar-refractivity contribution is 0.789. The molecule has 114 valence electrons. The number of aromatic nitrogens is 4. The second kappa shape index (κ2) is 5.52. The van der Waals surface area contributed by atoms with Crippen molar-refractivity contribution >= 4 is 22.9 Å². The van der Waals surface area contributed by atoms with Crippen LogP contribution in [-0.2, 0) is 6.54 Å². The van der Waals surface area contributed by atoms with Crippen molar-refractivity contribution in [2.24, 2.45) is 5.92 Å². The van der Waals surface area contributed by atoms with Gasteiger partial charge in [-0.15, -0.1) is 0 Å². The van der Waals surface area contributed by atoms with Gasteiger partial charge in [0, 0.05) is 18.3 Å². The van der Waals surface area contributed by atoms with Crippen molar-refractivity contribution in [3.63, 3.8) is 0 Å². The quantitative estimate of drug-likeness (QED) is 0.798. The highest BCUT2D eigenvalue weighted by molar-refractivity contribution is 6.34. The van der Waals surface area contributed by atoms with Crippen LogP contribution in [0.2, 0.25) is 5.02 Å². The summed E-state index contributed by atoms with van der Waals surface area (Å²) < 4.78 is 1.72. The van der Waals surface area contributed by atoms with Crippen molar-refractivity contribution in [1.29, 1.82) is 5.26 Å². The Labute approximate surface area is 137 Å². The summed E-state index contributed by atoms with van der Waals surface area (Å²) in [6.07, 6.45) is 4.37. The van der Waals surface area contributed by atoms with Crippen LogP contribution in [-0.4, -0.2) is 19.6 Å². The van der Waals surface area contributed by atoms with E-state index >= 15 is 0 Å². The summed E-state index contributed by atoms with van der Waals surface area (Å²) in [6, 6.07) is 9.82. The van der Waals surface area contributed by atoms with E-state index in [1.165, 1.54) is 0 Å². The number of halogens is 1. The van der Waals surface area contributed by atoms with Crippen molar-refractivity contribution in [2.75, 3.05) is 5.32 Å². The zero-order valence-electron chi connectivity index (χ0n) is 12.1. The van der Waals surface area contributed by atoms with Gasteiger partial charge in [-0.05, 0) is 24.6 Å². The number of anilines is 1. The number of rotatable bonds is 4. The van der Waals surface area contributed by atoms with E-state index in [1.54, 1.807) is 23.0 Å². The van der Waals surface area contributed by atoms with Crippen LogP contribution in [0.25, 0.3) is 5.52 Å². The predicted molar refractivity (Wildman–Crippen MR) is 86.0 cm³/mol. The monoisotopic (exact) mass is 324 g/mol. The zero-order valence-corrected chi connectivity index (χ0v) is 12.9. The molecule has 1 N–H and O–H groups in total. The molecule has 2 unspecified atom stereocenters. The SMILES string of the molecule is N#CC1CC1c1nc(NCc2ccccn2)c2c(Cl)ccn2n1. The van der Waals surface area contributed by atoms with Crippen LogP contribution in [0.3, 0.4) is 0 Å². The van der Waals surface area contributed by atoms with Crippen molar-refractivity contribution in [3.8, 4) is 6.07 Å². The molecule has 1 saturated carbocycles. The van der Waals surface area contributed by atoms with E-state index in [2.05, 4.69) is 26.5 Å². The molecular weight excluding hydrogens is 312 g/mol. The Morgan fingerprint density at radius 2 is 2.30 bits per heavy atom. The molecule has 0 radical (unpaired) electrons. The lowest BCUT2D eigenvalue weighted by Gasteiger charge is -2.09.